The minimum absolute atomic E-state index is 0.0136. The van der Waals surface area contributed by atoms with Gasteiger partial charge in [-0.2, -0.15) is 13.2 Å². The van der Waals surface area contributed by atoms with Gasteiger partial charge in [-0.15, -0.1) is 0 Å². The highest BCUT2D eigenvalue weighted by Gasteiger charge is 2.37. The molecular formula is C10H7F3N2O2. The van der Waals surface area contributed by atoms with Crippen LogP contribution in [0.5, 0.6) is 0 Å². The number of para-hydroxylation sites is 1. The Morgan fingerprint density at radius 2 is 2.06 bits per heavy atom. The van der Waals surface area contributed by atoms with Gasteiger partial charge in [-0.05, 0) is 12.1 Å². The van der Waals surface area contributed by atoms with E-state index in [4.69, 9.17) is 5.11 Å². The molecule has 90 valence electrons. The average molecular weight is 244 g/mol. The van der Waals surface area contributed by atoms with Crippen molar-refractivity contribution >= 4 is 17.0 Å². The van der Waals surface area contributed by atoms with Crippen molar-refractivity contribution in [2.45, 2.75) is 6.18 Å². The van der Waals surface area contributed by atoms with Crippen molar-refractivity contribution in [3.05, 3.63) is 29.6 Å². The van der Waals surface area contributed by atoms with Gasteiger partial charge in [0, 0.05) is 7.05 Å². The Hall–Kier alpha value is -2.05. The molecule has 0 bridgehead atoms. The molecule has 4 nitrogen and oxygen atoms in total. The molecule has 0 aliphatic heterocycles. The van der Waals surface area contributed by atoms with E-state index in [-0.39, 0.29) is 16.6 Å². The fourth-order valence-corrected chi connectivity index (χ4v) is 1.70. The maximum atomic E-state index is 12.6. The van der Waals surface area contributed by atoms with E-state index in [2.05, 4.69) is 4.98 Å². The summed E-state index contributed by atoms with van der Waals surface area (Å²) in [5, 5.41) is 8.90. The molecular weight excluding hydrogens is 237 g/mol. The Labute approximate surface area is 93.3 Å². The number of halogens is 3. The van der Waals surface area contributed by atoms with Crippen LogP contribution in [0.2, 0.25) is 0 Å². The van der Waals surface area contributed by atoms with Crippen LogP contribution in [0, 0.1) is 0 Å². The highest BCUT2D eigenvalue weighted by atomic mass is 19.4. The first-order valence-corrected chi connectivity index (χ1v) is 4.58. The molecule has 1 heterocycles. The first-order chi connectivity index (χ1) is 7.82. The van der Waals surface area contributed by atoms with Crippen molar-refractivity contribution in [3.8, 4) is 0 Å². The Morgan fingerprint density at radius 1 is 1.41 bits per heavy atom. The van der Waals surface area contributed by atoms with Gasteiger partial charge in [0.15, 0.2) is 0 Å². The van der Waals surface area contributed by atoms with Crippen LogP contribution in [-0.4, -0.2) is 20.6 Å². The summed E-state index contributed by atoms with van der Waals surface area (Å²) in [5.41, 5.74) is -0.222. The molecule has 0 atom stereocenters. The highest BCUT2D eigenvalue weighted by molar-refractivity contribution is 6.01. The molecule has 0 unspecified atom stereocenters. The van der Waals surface area contributed by atoms with Gasteiger partial charge in [0.1, 0.15) is 0 Å². The molecule has 0 amide bonds. The van der Waals surface area contributed by atoms with Gasteiger partial charge in [-0.3, -0.25) is 0 Å². The lowest BCUT2D eigenvalue weighted by Crippen LogP contribution is -2.13. The van der Waals surface area contributed by atoms with E-state index in [0.29, 0.717) is 0 Å². The second-order valence-corrected chi connectivity index (χ2v) is 3.47. The predicted molar refractivity (Wildman–Crippen MR) is 52.7 cm³/mol. The number of imidazole rings is 1. The van der Waals surface area contributed by atoms with Crippen LogP contribution in [0.1, 0.15) is 16.2 Å². The molecule has 0 spiro atoms. The number of aromatic nitrogens is 2. The quantitative estimate of drug-likeness (QED) is 0.837. The largest absolute Gasteiger partial charge is 0.478 e. The summed E-state index contributed by atoms with van der Waals surface area (Å²) < 4.78 is 38.5. The molecule has 0 aliphatic carbocycles. The summed E-state index contributed by atoms with van der Waals surface area (Å²) in [4.78, 5) is 14.3. The molecule has 7 heteroatoms. The molecule has 0 aliphatic rings. The van der Waals surface area contributed by atoms with E-state index in [1.165, 1.54) is 18.2 Å². The zero-order valence-electron chi connectivity index (χ0n) is 8.62. The van der Waals surface area contributed by atoms with Crippen LogP contribution in [0.3, 0.4) is 0 Å². The number of benzene rings is 1. The van der Waals surface area contributed by atoms with Crippen molar-refractivity contribution in [2.75, 3.05) is 0 Å². The van der Waals surface area contributed by atoms with Crippen LogP contribution in [0.15, 0.2) is 18.2 Å². The number of nitrogens with zero attached hydrogens (tertiary/aromatic N) is 2. The van der Waals surface area contributed by atoms with Crippen LogP contribution < -0.4 is 0 Å². The van der Waals surface area contributed by atoms with E-state index >= 15 is 0 Å². The molecule has 0 saturated heterocycles. The monoisotopic (exact) mass is 244 g/mol. The minimum atomic E-state index is -4.61. The lowest BCUT2D eigenvalue weighted by atomic mass is 10.2. The fourth-order valence-electron chi connectivity index (χ4n) is 1.70. The predicted octanol–water partition coefficient (Wildman–Crippen LogP) is 2.29. The lowest BCUT2D eigenvalue weighted by Gasteiger charge is -2.06. The third-order valence-electron chi connectivity index (χ3n) is 2.38. The zero-order chi connectivity index (χ0) is 12.8. The standard InChI is InChI=1S/C10H7F3N2O2/c1-15-7-5(8(16)17)3-2-4-6(7)14-9(15)10(11,12)13/h2-4H,1H3,(H,16,17). The Bertz CT molecular complexity index is 601. The SMILES string of the molecule is Cn1c(C(F)(F)F)nc2cccc(C(=O)O)c21. The van der Waals surface area contributed by atoms with Crippen LogP contribution in [0.25, 0.3) is 11.0 Å². The summed E-state index contributed by atoms with van der Waals surface area (Å²) in [6.07, 6.45) is -4.61. The summed E-state index contributed by atoms with van der Waals surface area (Å²) in [7, 11) is 1.14. The number of carboxylic acids is 1. The topological polar surface area (TPSA) is 55.1 Å². The number of hydrogen-bond donors (Lipinski definition) is 1. The third kappa shape index (κ3) is 1.73. The Kier molecular flexibility index (Phi) is 2.34. The van der Waals surface area contributed by atoms with Crippen LogP contribution in [0.4, 0.5) is 13.2 Å². The second kappa shape index (κ2) is 3.47. The van der Waals surface area contributed by atoms with Gasteiger partial charge in [0.25, 0.3) is 0 Å². The number of rotatable bonds is 1. The Morgan fingerprint density at radius 3 is 2.59 bits per heavy atom. The fraction of sp³-hybridized carbons (Fsp3) is 0.200. The normalized spacial score (nSPS) is 12.0. The first kappa shape index (κ1) is 11.4. The van der Waals surface area contributed by atoms with Crippen molar-refractivity contribution in [3.63, 3.8) is 0 Å². The number of carboxylic acid groups (broad SMARTS) is 1. The molecule has 1 aromatic carbocycles. The maximum absolute atomic E-state index is 12.6. The minimum Gasteiger partial charge on any atom is -0.478 e. The van der Waals surface area contributed by atoms with Crippen molar-refractivity contribution in [1.29, 1.82) is 0 Å². The molecule has 17 heavy (non-hydrogen) atoms. The first-order valence-electron chi connectivity index (χ1n) is 4.58. The van der Waals surface area contributed by atoms with Crippen LogP contribution >= 0.6 is 0 Å². The molecule has 0 saturated carbocycles. The average Bonchev–Trinajstić information content (AvgIpc) is 2.55. The number of fused-ring (bicyclic) bond motifs is 1. The van der Waals surface area contributed by atoms with E-state index in [9.17, 15) is 18.0 Å². The van der Waals surface area contributed by atoms with Gasteiger partial charge in [0.2, 0.25) is 5.82 Å². The maximum Gasteiger partial charge on any atom is 0.449 e. The van der Waals surface area contributed by atoms with Gasteiger partial charge in [-0.25, -0.2) is 9.78 Å². The summed E-state index contributed by atoms with van der Waals surface area (Å²) in [6.45, 7) is 0. The zero-order valence-corrected chi connectivity index (χ0v) is 8.62. The Balaban J connectivity index is 2.84. The second-order valence-electron chi connectivity index (χ2n) is 3.47. The van der Waals surface area contributed by atoms with E-state index in [1.54, 1.807) is 0 Å². The van der Waals surface area contributed by atoms with Gasteiger partial charge in [-0.1, -0.05) is 6.07 Å². The highest BCUT2D eigenvalue weighted by Crippen LogP contribution is 2.31. The number of carbonyl (C=O) groups is 1. The van der Waals surface area contributed by atoms with Gasteiger partial charge < -0.3 is 9.67 Å². The number of hydrogen-bond acceptors (Lipinski definition) is 2. The molecule has 1 N–H and O–H groups in total. The number of aryl methyl sites for hydroxylation is 1. The van der Waals surface area contributed by atoms with Gasteiger partial charge in [0.05, 0.1) is 16.6 Å². The van der Waals surface area contributed by atoms with Gasteiger partial charge >= 0.3 is 12.1 Å². The van der Waals surface area contributed by atoms with E-state index < -0.39 is 18.0 Å². The summed E-state index contributed by atoms with van der Waals surface area (Å²) >= 11 is 0. The van der Waals surface area contributed by atoms with Crippen molar-refractivity contribution in [2.24, 2.45) is 7.05 Å². The van der Waals surface area contributed by atoms with E-state index in [1.807, 2.05) is 0 Å². The third-order valence-corrected chi connectivity index (χ3v) is 2.38. The van der Waals surface area contributed by atoms with Crippen LogP contribution in [-0.2, 0) is 13.2 Å². The molecule has 2 aromatic rings. The molecule has 1 aromatic heterocycles. The van der Waals surface area contributed by atoms with Crippen molar-refractivity contribution < 1.29 is 23.1 Å². The smallest absolute Gasteiger partial charge is 0.449 e. The number of aromatic carboxylic acids is 1. The molecule has 2 rings (SSSR count). The summed E-state index contributed by atoms with van der Waals surface area (Å²) in [5.74, 6) is -2.39. The molecule has 0 fully saturated rings. The van der Waals surface area contributed by atoms with Crippen molar-refractivity contribution in [1.82, 2.24) is 9.55 Å². The lowest BCUT2D eigenvalue weighted by molar-refractivity contribution is -0.146. The number of alkyl halides is 3. The summed E-state index contributed by atoms with van der Waals surface area (Å²) in [6, 6.07) is 3.95. The molecule has 0 radical (unpaired) electrons. The van der Waals surface area contributed by atoms with E-state index in [0.717, 1.165) is 11.6 Å².